The van der Waals surface area contributed by atoms with Crippen molar-refractivity contribution in [1.82, 2.24) is 14.6 Å². The Morgan fingerprint density at radius 2 is 1.86 bits per heavy atom. The van der Waals surface area contributed by atoms with E-state index in [1.807, 2.05) is 26.0 Å². The molecule has 1 amide bonds. The van der Waals surface area contributed by atoms with Crippen LogP contribution in [-0.4, -0.2) is 49.5 Å². The van der Waals surface area contributed by atoms with Gasteiger partial charge in [0.2, 0.25) is 15.9 Å². The van der Waals surface area contributed by atoms with Crippen molar-refractivity contribution in [3.63, 3.8) is 0 Å². The van der Waals surface area contributed by atoms with E-state index in [1.165, 1.54) is 16.1 Å². The lowest BCUT2D eigenvalue weighted by Crippen LogP contribution is -2.41. The number of nitrogens with one attached hydrogen (secondary N) is 1. The van der Waals surface area contributed by atoms with Crippen molar-refractivity contribution < 1.29 is 13.2 Å². The van der Waals surface area contributed by atoms with E-state index in [0.717, 1.165) is 34.0 Å². The summed E-state index contributed by atoms with van der Waals surface area (Å²) in [6.07, 6.45) is 3.12. The second-order valence-corrected chi connectivity index (χ2v) is 10.7. The Labute approximate surface area is 171 Å². The molecule has 1 aromatic carbocycles. The summed E-state index contributed by atoms with van der Waals surface area (Å²) in [5, 5.41) is 3.97. The van der Waals surface area contributed by atoms with Gasteiger partial charge < -0.3 is 5.32 Å². The number of nitrogens with zero attached hydrogens (tertiary/aromatic N) is 2. The Hall–Kier alpha value is -1.77. The molecule has 0 spiro atoms. The fourth-order valence-electron chi connectivity index (χ4n) is 3.44. The zero-order valence-corrected chi connectivity index (χ0v) is 18.2. The third-order valence-electron chi connectivity index (χ3n) is 5.08. The highest BCUT2D eigenvalue weighted by atomic mass is 32.2. The Balaban J connectivity index is 1.55. The van der Waals surface area contributed by atoms with Crippen LogP contribution in [-0.2, 0) is 21.2 Å². The minimum atomic E-state index is -3.11. The first kappa shape index (κ1) is 21.0. The molecule has 1 fully saturated rings. The van der Waals surface area contributed by atoms with Gasteiger partial charge in [-0.15, -0.1) is 11.3 Å². The number of carbonyl (C=O) groups is 1. The van der Waals surface area contributed by atoms with Crippen LogP contribution in [0.15, 0.2) is 24.3 Å². The molecular formula is C20H27N3O3S2. The lowest BCUT2D eigenvalue weighted by atomic mass is 9.98. The van der Waals surface area contributed by atoms with E-state index in [1.54, 1.807) is 11.3 Å². The molecule has 1 saturated heterocycles. The standard InChI is InChI=1S/C20H27N3O3S2/c1-14-4-6-17(7-5-14)20-18(27-15(2)22-20)12-19(24)21-13-16-8-10-23(11-9-16)28(3,25)26/h4-7,16H,8-13H2,1-3H3,(H,21,24). The fraction of sp³-hybridized carbons (Fsp3) is 0.500. The minimum Gasteiger partial charge on any atom is -0.356 e. The summed E-state index contributed by atoms with van der Waals surface area (Å²) in [4.78, 5) is 18.1. The van der Waals surface area contributed by atoms with Gasteiger partial charge in [-0.1, -0.05) is 29.8 Å². The molecule has 0 unspecified atom stereocenters. The van der Waals surface area contributed by atoms with Crippen LogP contribution < -0.4 is 5.32 Å². The third kappa shape index (κ3) is 5.40. The largest absolute Gasteiger partial charge is 0.356 e. The van der Waals surface area contributed by atoms with Crippen LogP contribution in [0.1, 0.15) is 28.3 Å². The van der Waals surface area contributed by atoms with E-state index in [9.17, 15) is 13.2 Å². The van der Waals surface area contributed by atoms with Crippen LogP contribution in [0.2, 0.25) is 0 Å². The number of hydrogen-bond acceptors (Lipinski definition) is 5. The summed E-state index contributed by atoms with van der Waals surface area (Å²) in [6, 6.07) is 8.19. The fourth-order valence-corrected chi connectivity index (χ4v) is 5.27. The van der Waals surface area contributed by atoms with E-state index in [4.69, 9.17) is 0 Å². The van der Waals surface area contributed by atoms with Crippen molar-refractivity contribution in [1.29, 1.82) is 0 Å². The number of amides is 1. The highest BCUT2D eigenvalue weighted by Crippen LogP contribution is 2.29. The minimum absolute atomic E-state index is 0.0115. The molecule has 1 aliphatic heterocycles. The van der Waals surface area contributed by atoms with Crippen molar-refractivity contribution in [2.24, 2.45) is 5.92 Å². The van der Waals surface area contributed by atoms with Crippen LogP contribution >= 0.6 is 11.3 Å². The van der Waals surface area contributed by atoms with E-state index >= 15 is 0 Å². The van der Waals surface area contributed by atoms with Gasteiger partial charge in [-0.25, -0.2) is 17.7 Å². The van der Waals surface area contributed by atoms with Gasteiger partial charge in [0.15, 0.2) is 0 Å². The molecule has 1 aliphatic rings. The molecule has 6 nitrogen and oxygen atoms in total. The molecule has 0 bridgehead atoms. The molecule has 1 aromatic heterocycles. The van der Waals surface area contributed by atoms with E-state index < -0.39 is 10.0 Å². The van der Waals surface area contributed by atoms with E-state index in [0.29, 0.717) is 32.0 Å². The van der Waals surface area contributed by atoms with Crippen LogP contribution in [0, 0.1) is 19.8 Å². The number of benzene rings is 1. The maximum absolute atomic E-state index is 12.5. The summed E-state index contributed by atoms with van der Waals surface area (Å²) in [7, 11) is -3.11. The number of hydrogen-bond donors (Lipinski definition) is 1. The topological polar surface area (TPSA) is 79.4 Å². The number of aromatic nitrogens is 1. The van der Waals surface area contributed by atoms with Crippen LogP contribution in [0.5, 0.6) is 0 Å². The number of piperidine rings is 1. The van der Waals surface area contributed by atoms with Gasteiger partial charge in [0.1, 0.15) is 0 Å². The van der Waals surface area contributed by atoms with Crippen molar-refractivity contribution in [3.8, 4) is 11.3 Å². The maximum Gasteiger partial charge on any atom is 0.225 e. The molecule has 2 aromatic rings. The van der Waals surface area contributed by atoms with Gasteiger partial charge in [-0.3, -0.25) is 4.79 Å². The van der Waals surface area contributed by atoms with Crippen molar-refractivity contribution >= 4 is 27.3 Å². The smallest absolute Gasteiger partial charge is 0.225 e. The SMILES string of the molecule is Cc1ccc(-c2nc(C)sc2CC(=O)NCC2CCN(S(C)(=O)=O)CC2)cc1. The van der Waals surface area contributed by atoms with E-state index in [-0.39, 0.29) is 5.91 Å². The quantitative estimate of drug-likeness (QED) is 0.778. The molecular weight excluding hydrogens is 394 g/mol. The molecule has 8 heteroatoms. The predicted octanol–water partition coefficient (Wildman–Crippen LogP) is 2.76. The van der Waals surface area contributed by atoms with Gasteiger partial charge >= 0.3 is 0 Å². The highest BCUT2D eigenvalue weighted by Gasteiger charge is 2.25. The molecule has 0 radical (unpaired) electrons. The molecule has 28 heavy (non-hydrogen) atoms. The van der Waals surface area contributed by atoms with Crippen LogP contribution in [0.25, 0.3) is 11.3 Å². The molecule has 152 valence electrons. The van der Waals surface area contributed by atoms with Crippen LogP contribution in [0.4, 0.5) is 0 Å². The van der Waals surface area contributed by atoms with Crippen molar-refractivity contribution in [2.75, 3.05) is 25.9 Å². The Bertz CT molecular complexity index is 928. The lowest BCUT2D eigenvalue weighted by molar-refractivity contribution is -0.120. The van der Waals surface area contributed by atoms with Gasteiger partial charge in [-0.2, -0.15) is 0 Å². The first-order valence-corrected chi connectivity index (χ1v) is 12.1. The zero-order chi connectivity index (χ0) is 20.3. The number of thiazole rings is 1. The van der Waals surface area contributed by atoms with E-state index in [2.05, 4.69) is 22.4 Å². The summed E-state index contributed by atoms with van der Waals surface area (Å²) in [5.41, 5.74) is 3.11. The average Bonchev–Trinajstić information content (AvgIpc) is 3.00. The average molecular weight is 422 g/mol. The Morgan fingerprint density at radius 3 is 2.46 bits per heavy atom. The molecule has 0 aliphatic carbocycles. The molecule has 3 rings (SSSR count). The van der Waals surface area contributed by atoms with Crippen molar-refractivity contribution in [3.05, 3.63) is 39.7 Å². The molecule has 2 heterocycles. The Morgan fingerprint density at radius 1 is 1.21 bits per heavy atom. The Kier molecular flexibility index (Phi) is 6.52. The zero-order valence-electron chi connectivity index (χ0n) is 16.6. The lowest BCUT2D eigenvalue weighted by Gasteiger charge is -2.30. The number of carbonyl (C=O) groups excluding carboxylic acids is 1. The summed E-state index contributed by atoms with van der Waals surface area (Å²) in [5.74, 6) is 0.310. The normalized spacial score (nSPS) is 16.2. The predicted molar refractivity (Wildman–Crippen MR) is 113 cm³/mol. The number of sulfonamides is 1. The molecule has 1 N–H and O–H groups in total. The second kappa shape index (κ2) is 8.71. The first-order valence-electron chi connectivity index (χ1n) is 9.47. The maximum atomic E-state index is 12.5. The van der Waals surface area contributed by atoms with Gasteiger partial charge in [0, 0.05) is 30.1 Å². The molecule has 0 atom stereocenters. The second-order valence-electron chi connectivity index (χ2n) is 7.46. The van der Waals surface area contributed by atoms with Gasteiger partial charge in [-0.05, 0) is 32.6 Å². The monoisotopic (exact) mass is 421 g/mol. The summed E-state index contributed by atoms with van der Waals surface area (Å²) < 4.78 is 24.7. The summed E-state index contributed by atoms with van der Waals surface area (Å²) in [6.45, 7) is 5.66. The van der Waals surface area contributed by atoms with Crippen LogP contribution in [0.3, 0.4) is 0 Å². The van der Waals surface area contributed by atoms with Gasteiger partial charge in [0.05, 0.1) is 23.4 Å². The van der Waals surface area contributed by atoms with Crippen molar-refractivity contribution in [2.45, 2.75) is 33.1 Å². The number of rotatable bonds is 6. The third-order valence-corrected chi connectivity index (χ3v) is 7.35. The summed E-state index contributed by atoms with van der Waals surface area (Å²) >= 11 is 1.56. The van der Waals surface area contributed by atoms with Gasteiger partial charge in [0.25, 0.3) is 0 Å². The number of aryl methyl sites for hydroxylation is 2. The highest BCUT2D eigenvalue weighted by molar-refractivity contribution is 7.88. The first-order chi connectivity index (χ1) is 13.2. The molecule has 0 saturated carbocycles.